The van der Waals surface area contributed by atoms with Crippen molar-refractivity contribution < 1.29 is 4.79 Å². The van der Waals surface area contributed by atoms with Gasteiger partial charge < -0.3 is 11.1 Å². The van der Waals surface area contributed by atoms with Crippen LogP contribution < -0.4 is 11.1 Å². The van der Waals surface area contributed by atoms with Gasteiger partial charge >= 0.3 is 0 Å². The maximum atomic E-state index is 12.0. The average molecular weight is 256 g/mol. The second kappa shape index (κ2) is 6.90. The molecule has 0 bridgehead atoms. The second-order valence-electron chi connectivity index (χ2n) is 4.67. The van der Waals surface area contributed by atoms with Gasteiger partial charge in [-0.3, -0.25) is 4.79 Å². The normalized spacial score (nSPS) is 10.6. The molecule has 0 aliphatic rings. The molecule has 0 aliphatic carbocycles. The summed E-state index contributed by atoms with van der Waals surface area (Å²) < 4.78 is 0. The first kappa shape index (κ1) is 13.6. The monoisotopic (exact) mass is 256 g/mol. The molecule has 0 saturated carbocycles. The molecule has 19 heavy (non-hydrogen) atoms. The Bertz CT molecular complexity index is 551. The Hall–Kier alpha value is -1.87. The highest BCUT2D eigenvalue weighted by molar-refractivity contribution is 5.98. The molecule has 0 saturated heterocycles. The Balaban J connectivity index is 1.93. The summed E-state index contributed by atoms with van der Waals surface area (Å²) in [5.41, 5.74) is 6.15. The largest absolute Gasteiger partial charge is 0.352 e. The number of nitrogens with two attached hydrogens (primary N) is 1. The highest BCUT2D eigenvalue weighted by atomic mass is 16.1. The molecule has 0 atom stereocenters. The van der Waals surface area contributed by atoms with Gasteiger partial charge in [-0.05, 0) is 42.3 Å². The number of hydrogen-bond acceptors (Lipinski definition) is 2. The summed E-state index contributed by atoms with van der Waals surface area (Å²) in [6, 6.07) is 13.8. The molecule has 1 amide bonds. The molecule has 3 heteroatoms. The number of fused-ring (bicyclic) bond motifs is 1. The van der Waals surface area contributed by atoms with Crippen LogP contribution in [-0.4, -0.2) is 19.0 Å². The van der Waals surface area contributed by atoms with Crippen molar-refractivity contribution in [3.63, 3.8) is 0 Å². The zero-order chi connectivity index (χ0) is 13.5. The van der Waals surface area contributed by atoms with E-state index < -0.39 is 0 Å². The van der Waals surface area contributed by atoms with Gasteiger partial charge in [0.1, 0.15) is 0 Å². The zero-order valence-electron chi connectivity index (χ0n) is 11.1. The van der Waals surface area contributed by atoms with Crippen LogP contribution in [0.4, 0.5) is 0 Å². The number of hydrogen-bond donors (Lipinski definition) is 2. The Morgan fingerprint density at radius 3 is 2.58 bits per heavy atom. The maximum absolute atomic E-state index is 12.0. The summed E-state index contributed by atoms with van der Waals surface area (Å²) in [4.78, 5) is 12.0. The topological polar surface area (TPSA) is 55.1 Å². The van der Waals surface area contributed by atoms with Gasteiger partial charge in [-0.2, -0.15) is 0 Å². The third-order valence-corrected chi connectivity index (χ3v) is 3.18. The van der Waals surface area contributed by atoms with Crippen molar-refractivity contribution in [3.05, 3.63) is 48.0 Å². The molecule has 0 aromatic heterocycles. The second-order valence-corrected chi connectivity index (χ2v) is 4.67. The Morgan fingerprint density at radius 1 is 1.00 bits per heavy atom. The zero-order valence-corrected chi connectivity index (χ0v) is 11.1. The van der Waals surface area contributed by atoms with Crippen LogP contribution in [0.25, 0.3) is 10.8 Å². The highest BCUT2D eigenvalue weighted by Gasteiger charge is 2.05. The maximum Gasteiger partial charge on any atom is 0.251 e. The summed E-state index contributed by atoms with van der Waals surface area (Å²) >= 11 is 0. The summed E-state index contributed by atoms with van der Waals surface area (Å²) in [7, 11) is 0. The molecule has 0 radical (unpaired) electrons. The third-order valence-electron chi connectivity index (χ3n) is 3.18. The van der Waals surface area contributed by atoms with Crippen molar-refractivity contribution in [2.24, 2.45) is 5.73 Å². The van der Waals surface area contributed by atoms with Crippen LogP contribution in [0.5, 0.6) is 0 Å². The molecule has 100 valence electrons. The van der Waals surface area contributed by atoms with Crippen LogP contribution in [0.2, 0.25) is 0 Å². The molecule has 3 nitrogen and oxygen atoms in total. The van der Waals surface area contributed by atoms with Crippen LogP contribution in [0.15, 0.2) is 42.5 Å². The van der Waals surface area contributed by atoms with Gasteiger partial charge in [0.25, 0.3) is 5.91 Å². The van der Waals surface area contributed by atoms with Crippen LogP contribution >= 0.6 is 0 Å². The van der Waals surface area contributed by atoms with E-state index in [2.05, 4.69) is 5.32 Å². The molecule has 2 aromatic carbocycles. The van der Waals surface area contributed by atoms with Crippen molar-refractivity contribution >= 4 is 16.7 Å². The van der Waals surface area contributed by atoms with Gasteiger partial charge in [-0.15, -0.1) is 0 Å². The van der Waals surface area contributed by atoms with Crippen molar-refractivity contribution in [1.29, 1.82) is 0 Å². The summed E-state index contributed by atoms with van der Waals surface area (Å²) in [5.74, 6) is -0.00139. The fraction of sp³-hybridized carbons (Fsp3) is 0.312. The molecule has 0 fully saturated rings. The van der Waals surface area contributed by atoms with Crippen molar-refractivity contribution in [3.8, 4) is 0 Å². The van der Waals surface area contributed by atoms with Crippen LogP contribution in [-0.2, 0) is 0 Å². The standard InChI is InChI=1S/C16H20N2O/c17-10-4-1-5-11-18-16(19)15-9-8-13-6-2-3-7-14(13)12-15/h2-3,6-9,12H,1,4-5,10-11,17H2,(H,18,19). The van der Waals surface area contributed by atoms with Gasteiger partial charge in [0, 0.05) is 12.1 Å². The van der Waals surface area contributed by atoms with Crippen LogP contribution in [0, 0.1) is 0 Å². The van der Waals surface area contributed by atoms with E-state index in [9.17, 15) is 4.79 Å². The number of carbonyl (C=O) groups is 1. The summed E-state index contributed by atoms with van der Waals surface area (Å²) in [6.45, 7) is 1.43. The van der Waals surface area contributed by atoms with Gasteiger partial charge in [-0.25, -0.2) is 0 Å². The lowest BCUT2D eigenvalue weighted by Gasteiger charge is -2.06. The van der Waals surface area contributed by atoms with E-state index in [0.29, 0.717) is 6.54 Å². The SMILES string of the molecule is NCCCCCNC(=O)c1ccc2ccccc2c1. The lowest BCUT2D eigenvalue weighted by atomic mass is 10.1. The minimum Gasteiger partial charge on any atom is -0.352 e. The van der Waals surface area contributed by atoms with E-state index in [1.807, 2.05) is 42.5 Å². The summed E-state index contributed by atoms with van der Waals surface area (Å²) in [6.07, 6.45) is 3.07. The molecule has 3 N–H and O–H groups in total. The lowest BCUT2D eigenvalue weighted by Crippen LogP contribution is -2.24. The van der Waals surface area contributed by atoms with Crippen molar-refractivity contribution in [1.82, 2.24) is 5.32 Å². The third kappa shape index (κ3) is 3.80. The molecule has 2 aromatic rings. The average Bonchev–Trinajstić information content (AvgIpc) is 2.46. The minimum absolute atomic E-state index is 0.00139. The molecular weight excluding hydrogens is 236 g/mol. The van der Waals surface area contributed by atoms with E-state index in [1.54, 1.807) is 0 Å². The van der Waals surface area contributed by atoms with Crippen LogP contribution in [0.3, 0.4) is 0 Å². The quantitative estimate of drug-likeness (QED) is 0.781. The van der Waals surface area contributed by atoms with Gasteiger partial charge in [0.15, 0.2) is 0 Å². The first-order valence-electron chi connectivity index (χ1n) is 6.78. The highest BCUT2D eigenvalue weighted by Crippen LogP contribution is 2.15. The minimum atomic E-state index is -0.00139. The first-order chi connectivity index (χ1) is 9.31. The molecule has 0 heterocycles. The predicted octanol–water partition coefficient (Wildman–Crippen LogP) is 2.70. The molecular formula is C16H20N2O. The van der Waals surface area contributed by atoms with E-state index in [1.165, 1.54) is 0 Å². The molecule has 0 spiro atoms. The van der Waals surface area contributed by atoms with Gasteiger partial charge in [0.2, 0.25) is 0 Å². The number of nitrogens with one attached hydrogen (secondary N) is 1. The smallest absolute Gasteiger partial charge is 0.251 e. The molecule has 0 aliphatic heterocycles. The van der Waals surface area contributed by atoms with Crippen molar-refractivity contribution in [2.45, 2.75) is 19.3 Å². The number of amides is 1. The summed E-state index contributed by atoms with van der Waals surface area (Å²) in [5, 5.41) is 5.19. The molecule has 2 rings (SSSR count). The van der Waals surface area contributed by atoms with Gasteiger partial charge in [-0.1, -0.05) is 36.8 Å². The van der Waals surface area contributed by atoms with E-state index >= 15 is 0 Å². The lowest BCUT2D eigenvalue weighted by molar-refractivity contribution is 0.0953. The number of rotatable bonds is 6. The van der Waals surface area contributed by atoms with E-state index in [4.69, 9.17) is 5.73 Å². The Morgan fingerprint density at radius 2 is 1.79 bits per heavy atom. The fourth-order valence-electron chi connectivity index (χ4n) is 2.08. The van der Waals surface area contributed by atoms with Crippen molar-refractivity contribution in [2.75, 3.05) is 13.1 Å². The predicted molar refractivity (Wildman–Crippen MR) is 79.2 cm³/mol. The Labute approximate surface area is 113 Å². The van der Waals surface area contributed by atoms with Crippen LogP contribution in [0.1, 0.15) is 29.6 Å². The number of carbonyl (C=O) groups excluding carboxylic acids is 1. The molecule has 0 unspecified atom stereocenters. The first-order valence-corrected chi connectivity index (χ1v) is 6.78. The van der Waals surface area contributed by atoms with E-state index in [-0.39, 0.29) is 5.91 Å². The fourth-order valence-corrected chi connectivity index (χ4v) is 2.08. The van der Waals surface area contributed by atoms with Gasteiger partial charge in [0.05, 0.1) is 0 Å². The number of unbranched alkanes of at least 4 members (excludes halogenated alkanes) is 2. The van der Waals surface area contributed by atoms with E-state index in [0.717, 1.165) is 42.1 Å². The number of benzene rings is 2. The Kier molecular flexibility index (Phi) is 4.93.